The number of aromatic nitrogens is 1. The standard InChI is InChI=1S/C11H12N2S.C2H6/c1-8(2)11-13-10-9(14-11)6-4-3-5-7-12-10;1-2/h3-8H,1-2H3;1-2H3/b4-3+,5-3?,6-4?,7-5-,9-6-,12-7?,12-10+;. The second-order valence-electron chi connectivity index (χ2n) is 3.42. The summed E-state index contributed by atoms with van der Waals surface area (Å²) in [4.78, 5) is 8.77. The van der Waals surface area contributed by atoms with Gasteiger partial charge in [0.2, 0.25) is 0 Å². The minimum Gasteiger partial charge on any atom is -0.236 e. The minimum absolute atomic E-state index is 0.477. The first-order valence-corrected chi connectivity index (χ1v) is 6.47. The van der Waals surface area contributed by atoms with E-state index in [9.17, 15) is 0 Å². The summed E-state index contributed by atoms with van der Waals surface area (Å²) < 4.78 is 1.15. The van der Waals surface area contributed by atoms with Crippen molar-refractivity contribution in [2.24, 2.45) is 4.99 Å². The van der Waals surface area contributed by atoms with Gasteiger partial charge < -0.3 is 0 Å². The largest absolute Gasteiger partial charge is 0.236 e. The van der Waals surface area contributed by atoms with E-state index in [-0.39, 0.29) is 0 Å². The van der Waals surface area contributed by atoms with Gasteiger partial charge in [-0.2, -0.15) is 0 Å². The molecule has 2 nitrogen and oxygen atoms in total. The molecule has 16 heavy (non-hydrogen) atoms. The van der Waals surface area contributed by atoms with Crippen molar-refractivity contribution in [2.75, 3.05) is 0 Å². The van der Waals surface area contributed by atoms with E-state index in [1.54, 1.807) is 17.5 Å². The highest BCUT2D eigenvalue weighted by molar-refractivity contribution is 7.09. The molecule has 0 spiro atoms. The Kier molecular flexibility index (Phi) is 5.12. The van der Waals surface area contributed by atoms with Gasteiger partial charge in [0.05, 0.1) is 9.54 Å². The van der Waals surface area contributed by atoms with Gasteiger partial charge >= 0.3 is 0 Å². The molecule has 3 heteroatoms. The molecule has 0 saturated carbocycles. The topological polar surface area (TPSA) is 25.2 Å². The summed E-state index contributed by atoms with van der Waals surface area (Å²) >= 11 is 1.72. The maximum absolute atomic E-state index is 4.49. The molecule has 2 rings (SSSR count). The fraction of sp³-hybridized carbons (Fsp3) is 0.385. The second-order valence-corrected chi connectivity index (χ2v) is 4.48. The van der Waals surface area contributed by atoms with Crippen molar-refractivity contribution in [1.29, 1.82) is 0 Å². The third kappa shape index (κ3) is 3.14. The molecule has 0 radical (unpaired) electrons. The van der Waals surface area contributed by atoms with Crippen LogP contribution in [0.3, 0.4) is 0 Å². The van der Waals surface area contributed by atoms with Crippen molar-refractivity contribution in [3.63, 3.8) is 0 Å². The molecule has 1 aromatic rings. The SMILES string of the molecule is CC.CC(C)c1nc2/c(s1)=C/C=C/C=C\N=2. The van der Waals surface area contributed by atoms with Crippen molar-refractivity contribution in [2.45, 2.75) is 33.6 Å². The van der Waals surface area contributed by atoms with Crippen LogP contribution in [0.25, 0.3) is 6.08 Å². The number of thiazole rings is 1. The molecule has 0 N–H and O–H groups in total. The van der Waals surface area contributed by atoms with Crippen molar-refractivity contribution in [3.8, 4) is 0 Å². The van der Waals surface area contributed by atoms with Crippen molar-refractivity contribution >= 4 is 17.4 Å². The van der Waals surface area contributed by atoms with Gasteiger partial charge in [0.1, 0.15) is 0 Å². The molecule has 2 heterocycles. The molecule has 1 aliphatic heterocycles. The molecule has 0 bridgehead atoms. The Hall–Kier alpha value is -1.22. The predicted molar refractivity (Wildman–Crippen MR) is 71.1 cm³/mol. The summed E-state index contributed by atoms with van der Waals surface area (Å²) in [5.41, 5.74) is 0.847. The van der Waals surface area contributed by atoms with Crippen LogP contribution in [-0.2, 0) is 0 Å². The third-order valence-corrected chi connectivity index (χ3v) is 3.21. The zero-order chi connectivity index (χ0) is 12.0. The highest BCUT2D eigenvalue weighted by atomic mass is 32.1. The van der Waals surface area contributed by atoms with Gasteiger partial charge in [-0.1, -0.05) is 39.8 Å². The van der Waals surface area contributed by atoms with Crippen LogP contribution in [0.5, 0.6) is 0 Å². The average molecular weight is 234 g/mol. The lowest BCUT2D eigenvalue weighted by atomic mass is 10.2. The molecule has 0 unspecified atom stereocenters. The average Bonchev–Trinajstić information content (AvgIpc) is 2.64. The quantitative estimate of drug-likeness (QED) is 0.733. The lowest BCUT2D eigenvalue weighted by molar-refractivity contribution is 0.843. The molecule has 0 fully saturated rings. The number of allylic oxidation sites excluding steroid dienone is 3. The molecular weight excluding hydrogens is 216 g/mol. The smallest absolute Gasteiger partial charge is 0.170 e. The molecule has 0 aromatic carbocycles. The van der Waals surface area contributed by atoms with Gasteiger partial charge in [0, 0.05) is 12.1 Å². The van der Waals surface area contributed by atoms with Crippen LogP contribution in [0, 0.1) is 0 Å². The lowest BCUT2D eigenvalue weighted by Crippen LogP contribution is -2.20. The normalized spacial score (nSPS) is 21.1. The molecular formula is C13H18N2S. The van der Waals surface area contributed by atoms with Crippen LogP contribution in [0.15, 0.2) is 29.4 Å². The van der Waals surface area contributed by atoms with Crippen LogP contribution in [0.1, 0.15) is 38.6 Å². The molecule has 1 aliphatic rings. The fourth-order valence-electron chi connectivity index (χ4n) is 1.16. The van der Waals surface area contributed by atoms with Gasteiger partial charge in [0.25, 0.3) is 0 Å². The number of hydrogen-bond donors (Lipinski definition) is 0. The Labute approximate surface area is 101 Å². The summed E-state index contributed by atoms with van der Waals surface area (Å²) in [7, 11) is 0. The van der Waals surface area contributed by atoms with Crippen LogP contribution < -0.4 is 10.0 Å². The van der Waals surface area contributed by atoms with E-state index in [0.717, 1.165) is 15.0 Å². The zero-order valence-corrected chi connectivity index (χ0v) is 11.1. The first kappa shape index (κ1) is 12.8. The van der Waals surface area contributed by atoms with E-state index in [1.165, 1.54) is 0 Å². The summed E-state index contributed by atoms with van der Waals surface area (Å²) in [6.07, 6.45) is 9.75. The van der Waals surface area contributed by atoms with E-state index in [4.69, 9.17) is 0 Å². The predicted octanol–water partition coefficient (Wildman–Crippen LogP) is 2.78. The second kappa shape index (κ2) is 6.38. The summed E-state index contributed by atoms with van der Waals surface area (Å²) in [5.74, 6) is 0.477. The Morgan fingerprint density at radius 1 is 1.12 bits per heavy atom. The van der Waals surface area contributed by atoms with Crippen molar-refractivity contribution in [1.82, 2.24) is 4.98 Å². The number of nitrogens with zero attached hydrogens (tertiary/aromatic N) is 2. The first-order valence-electron chi connectivity index (χ1n) is 5.65. The highest BCUT2D eigenvalue weighted by Gasteiger charge is 2.04. The molecule has 0 atom stereocenters. The lowest BCUT2D eigenvalue weighted by Gasteiger charge is -1.93. The fourth-order valence-corrected chi connectivity index (χ4v) is 2.09. The van der Waals surface area contributed by atoms with Crippen molar-refractivity contribution in [3.05, 3.63) is 39.5 Å². The van der Waals surface area contributed by atoms with Crippen molar-refractivity contribution < 1.29 is 0 Å². The maximum atomic E-state index is 4.49. The van der Waals surface area contributed by atoms with Crippen LogP contribution in [0.4, 0.5) is 0 Å². The van der Waals surface area contributed by atoms with Crippen LogP contribution in [-0.4, -0.2) is 4.98 Å². The van der Waals surface area contributed by atoms with E-state index in [1.807, 2.05) is 32.1 Å². The molecule has 0 amide bonds. The molecule has 1 aromatic heterocycles. The molecule has 86 valence electrons. The summed E-state index contributed by atoms with van der Waals surface area (Å²) in [5, 5.41) is 1.15. The van der Waals surface area contributed by atoms with Crippen LogP contribution in [0.2, 0.25) is 0 Å². The van der Waals surface area contributed by atoms with Gasteiger partial charge in [-0.25, -0.2) is 9.98 Å². The highest BCUT2D eigenvalue weighted by Crippen LogP contribution is 2.11. The van der Waals surface area contributed by atoms with Crippen LogP contribution >= 0.6 is 11.3 Å². The first-order chi connectivity index (χ1) is 7.77. The number of hydrogen-bond acceptors (Lipinski definition) is 3. The summed E-state index contributed by atoms with van der Waals surface area (Å²) in [6.45, 7) is 8.30. The Morgan fingerprint density at radius 3 is 2.56 bits per heavy atom. The van der Waals surface area contributed by atoms with E-state index in [2.05, 4.69) is 29.9 Å². The Balaban J connectivity index is 0.000000606. The monoisotopic (exact) mass is 234 g/mol. The van der Waals surface area contributed by atoms with Gasteiger partial charge in [-0.05, 0) is 12.2 Å². The summed E-state index contributed by atoms with van der Waals surface area (Å²) in [6, 6.07) is 0. The minimum atomic E-state index is 0.477. The maximum Gasteiger partial charge on any atom is 0.170 e. The number of rotatable bonds is 1. The van der Waals surface area contributed by atoms with Gasteiger partial charge in [-0.3, -0.25) is 0 Å². The van der Waals surface area contributed by atoms with E-state index in [0.29, 0.717) is 5.92 Å². The van der Waals surface area contributed by atoms with Gasteiger partial charge in [0.15, 0.2) is 5.49 Å². The van der Waals surface area contributed by atoms with Gasteiger partial charge in [-0.15, -0.1) is 11.3 Å². The third-order valence-electron chi connectivity index (χ3n) is 1.90. The zero-order valence-electron chi connectivity index (χ0n) is 10.3. The number of fused-ring (bicyclic) bond motifs is 1. The van der Waals surface area contributed by atoms with E-state index >= 15 is 0 Å². The Morgan fingerprint density at radius 2 is 1.88 bits per heavy atom. The molecule has 0 aliphatic carbocycles. The molecule has 0 saturated heterocycles. The Bertz CT molecular complexity index is 451. The van der Waals surface area contributed by atoms with E-state index < -0.39 is 0 Å².